The molecule has 0 aliphatic carbocycles. The van der Waals surface area contributed by atoms with Gasteiger partial charge < -0.3 is 10.2 Å². The van der Waals surface area contributed by atoms with Crippen LogP contribution in [0.1, 0.15) is 25.5 Å². The SMILES string of the molecule is CCNC(C)c1ccc(Br)cc1Sc1nnc(N(C)C)s1. The quantitative estimate of drug-likeness (QED) is 0.805. The second-order valence-electron chi connectivity index (χ2n) is 4.81. The molecule has 1 aromatic carbocycles. The van der Waals surface area contributed by atoms with Gasteiger partial charge in [-0.05, 0) is 31.2 Å². The lowest BCUT2D eigenvalue weighted by Gasteiger charge is -2.16. The molecule has 1 unspecified atom stereocenters. The van der Waals surface area contributed by atoms with Gasteiger partial charge in [-0.2, -0.15) is 0 Å². The van der Waals surface area contributed by atoms with Crippen molar-refractivity contribution in [1.29, 1.82) is 0 Å². The number of aromatic nitrogens is 2. The van der Waals surface area contributed by atoms with E-state index in [1.54, 1.807) is 23.1 Å². The molecule has 0 saturated carbocycles. The van der Waals surface area contributed by atoms with E-state index >= 15 is 0 Å². The van der Waals surface area contributed by atoms with Crippen molar-refractivity contribution >= 4 is 44.2 Å². The molecule has 7 heteroatoms. The standard InChI is InChI=1S/C14H19BrN4S2/c1-5-16-9(2)11-7-6-10(15)8-12(11)20-14-18-17-13(21-14)19(3)4/h6-9,16H,5H2,1-4H3. The molecule has 21 heavy (non-hydrogen) atoms. The van der Waals surface area contributed by atoms with Crippen LogP contribution in [-0.2, 0) is 0 Å². The third-order valence-electron chi connectivity index (χ3n) is 2.93. The average molecular weight is 387 g/mol. The molecule has 1 heterocycles. The Morgan fingerprint density at radius 1 is 1.38 bits per heavy atom. The number of halogens is 1. The second-order valence-corrected chi connectivity index (χ2v) is 7.97. The fourth-order valence-corrected chi connectivity index (χ4v) is 4.38. The van der Waals surface area contributed by atoms with Crippen LogP contribution < -0.4 is 10.2 Å². The van der Waals surface area contributed by atoms with Crippen LogP contribution in [0, 0.1) is 0 Å². The van der Waals surface area contributed by atoms with Gasteiger partial charge in [0.1, 0.15) is 0 Å². The number of hydrogen-bond acceptors (Lipinski definition) is 6. The number of hydrogen-bond donors (Lipinski definition) is 1. The van der Waals surface area contributed by atoms with Crippen molar-refractivity contribution in [3.63, 3.8) is 0 Å². The first-order valence-electron chi connectivity index (χ1n) is 6.72. The number of anilines is 1. The van der Waals surface area contributed by atoms with Gasteiger partial charge in [0.25, 0.3) is 0 Å². The van der Waals surface area contributed by atoms with Gasteiger partial charge in [0.2, 0.25) is 5.13 Å². The average Bonchev–Trinajstić information content (AvgIpc) is 2.88. The van der Waals surface area contributed by atoms with Crippen LogP contribution in [0.15, 0.2) is 31.9 Å². The molecule has 0 fully saturated rings. The van der Waals surface area contributed by atoms with Crippen LogP contribution in [0.4, 0.5) is 5.13 Å². The van der Waals surface area contributed by atoms with E-state index in [2.05, 4.69) is 63.5 Å². The highest BCUT2D eigenvalue weighted by Gasteiger charge is 2.14. The first-order chi connectivity index (χ1) is 10.0. The maximum absolute atomic E-state index is 4.26. The van der Waals surface area contributed by atoms with E-state index in [0.717, 1.165) is 20.5 Å². The normalized spacial score (nSPS) is 12.4. The van der Waals surface area contributed by atoms with Crippen LogP contribution in [0.3, 0.4) is 0 Å². The predicted octanol–water partition coefficient (Wildman–Crippen LogP) is 4.19. The van der Waals surface area contributed by atoms with Crippen molar-refractivity contribution in [2.75, 3.05) is 25.5 Å². The highest BCUT2D eigenvalue weighted by Crippen LogP contribution is 2.37. The topological polar surface area (TPSA) is 41.1 Å². The molecular weight excluding hydrogens is 368 g/mol. The zero-order valence-electron chi connectivity index (χ0n) is 12.6. The molecule has 0 radical (unpaired) electrons. The molecule has 1 aromatic heterocycles. The Bertz CT molecular complexity index is 600. The van der Waals surface area contributed by atoms with Gasteiger partial charge in [-0.25, -0.2) is 0 Å². The molecule has 1 atom stereocenters. The van der Waals surface area contributed by atoms with Crippen molar-refractivity contribution in [2.24, 2.45) is 0 Å². The lowest BCUT2D eigenvalue weighted by molar-refractivity contribution is 0.589. The Labute approximate surface area is 142 Å². The summed E-state index contributed by atoms with van der Waals surface area (Å²) in [7, 11) is 3.96. The summed E-state index contributed by atoms with van der Waals surface area (Å²) in [6, 6.07) is 6.70. The fourth-order valence-electron chi connectivity index (χ4n) is 1.89. The number of nitrogens with zero attached hydrogens (tertiary/aromatic N) is 3. The molecule has 0 amide bonds. The first-order valence-corrected chi connectivity index (χ1v) is 9.15. The second kappa shape index (κ2) is 7.58. The number of benzene rings is 1. The summed E-state index contributed by atoms with van der Waals surface area (Å²) in [5.74, 6) is 0. The van der Waals surface area contributed by atoms with Crippen LogP contribution in [0.5, 0.6) is 0 Å². The summed E-state index contributed by atoms with van der Waals surface area (Å²) >= 11 is 6.83. The fraction of sp³-hybridized carbons (Fsp3) is 0.429. The van der Waals surface area contributed by atoms with Gasteiger partial charge in [-0.1, -0.05) is 52.0 Å². The summed E-state index contributed by atoms with van der Waals surface area (Å²) in [6.45, 7) is 5.25. The molecule has 0 saturated heterocycles. The van der Waals surface area contributed by atoms with Crippen LogP contribution >= 0.6 is 39.0 Å². The maximum atomic E-state index is 4.26. The predicted molar refractivity (Wildman–Crippen MR) is 94.6 cm³/mol. The lowest BCUT2D eigenvalue weighted by atomic mass is 10.1. The smallest absolute Gasteiger partial charge is 0.208 e. The van der Waals surface area contributed by atoms with Crippen LogP contribution in [0.2, 0.25) is 0 Å². The minimum Gasteiger partial charge on any atom is -0.353 e. The van der Waals surface area contributed by atoms with E-state index in [0.29, 0.717) is 6.04 Å². The number of nitrogens with one attached hydrogen (secondary N) is 1. The van der Waals surface area contributed by atoms with Gasteiger partial charge in [0.15, 0.2) is 4.34 Å². The van der Waals surface area contributed by atoms with Crippen molar-refractivity contribution in [1.82, 2.24) is 15.5 Å². The van der Waals surface area contributed by atoms with E-state index in [9.17, 15) is 0 Å². The summed E-state index contributed by atoms with van der Waals surface area (Å²) < 4.78 is 2.04. The third-order valence-corrected chi connectivity index (χ3v) is 5.64. The molecule has 0 aliphatic rings. The van der Waals surface area contributed by atoms with Crippen molar-refractivity contribution < 1.29 is 0 Å². The van der Waals surface area contributed by atoms with E-state index in [1.165, 1.54) is 10.5 Å². The minimum absolute atomic E-state index is 0.312. The molecule has 0 bridgehead atoms. The summed E-state index contributed by atoms with van der Waals surface area (Å²) in [5, 5.41) is 12.8. The molecule has 1 N–H and O–H groups in total. The van der Waals surface area contributed by atoms with Crippen molar-refractivity contribution in [3.8, 4) is 0 Å². The largest absolute Gasteiger partial charge is 0.353 e. The molecular formula is C14H19BrN4S2. The van der Waals surface area contributed by atoms with Gasteiger partial charge >= 0.3 is 0 Å². The zero-order valence-corrected chi connectivity index (χ0v) is 15.8. The summed E-state index contributed by atoms with van der Waals surface area (Å²) in [6.07, 6.45) is 0. The molecule has 2 rings (SSSR count). The summed E-state index contributed by atoms with van der Waals surface area (Å²) in [5.41, 5.74) is 1.28. The van der Waals surface area contributed by atoms with Crippen LogP contribution in [0.25, 0.3) is 0 Å². The van der Waals surface area contributed by atoms with Crippen molar-refractivity contribution in [3.05, 3.63) is 28.2 Å². The Morgan fingerprint density at radius 2 is 2.14 bits per heavy atom. The Balaban J connectivity index is 2.26. The van der Waals surface area contributed by atoms with Gasteiger partial charge in [0, 0.05) is 29.5 Å². The Kier molecular flexibility index (Phi) is 6.04. The molecule has 4 nitrogen and oxygen atoms in total. The van der Waals surface area contributed by atoms with Gasteiger partial charge in [-0.3, -0.25) is 0 Å². The molecule has 0 aliphatic heterocycles. The van der Waals surface area contributed by atoms with Gasteiger partial charge in [0.05, 0.1) is 0 Å². The monoisotopic (exact) mass is 386 g/mol. The molecule has 2 aromatic rings. The highest BCUT2D eigenvalue weighted by molar-refractivity contribution is 9.10. The van der Waals surface area contributed by atoms with E-state index < -0.39 is 0 Å². The van der Waals surface area contributed by atoms with Crippen LogP contribution in [-0.4, -0.2) is 30.8 Å². The lowest BCUT2D eigenvalue weighted by Crippen LogP contribution is -2.18. The molecule has 114 valence electrons. The highest BCUT2D eigenvalue weighted by atomic mass is 79.9. The maximum Gasteiger partial charge on any atom is 0.208 e. The Hall–Kier alpha value is -0.630. The zero-order chi connectivity index (χ0) is 15.4. The minimum atomic E-state index is 0.312. The van der Waals surface area contributed by atoms with E-state index in [4.69, 9.17) is 0 Å². The van der Waals surface area contributed by atoms with Crippen molar-refractivity contribution in [2.45, 2.75) is 29.1 Å². The van der Waals surface area contributed by atoms with E-state index in [-0.39, 0.29) is 0 Å². The third kappa shape index (κ3) is 4.42. The molecule has 0 spiro atoms. The summed E-state index contributed by atoms with van der Waals surface area (Å²) in [4.78, 5) is 3.18. The Morgan fingerprint density at radius 3 is 2.76 bits per heavy atom. The first kappa shape index (κ1) is 16.7. The number of rotatable bonds is 6. The van der Waals surface area contributed by atoms with Gasteiger partial charge in [-0.15, -0.1) is 10.2 Å². The van der Waals surface area contributed by atoms with E-state index in [1.807, 2.05) is 19.0 Å².